The van der Waals surface area contributed by atoms with Gasteiger partial charge in [0.15, 0.2) is 0 Å². The van der Waals surface area contributed by atoms with Crippen molar-refractivity contribution in [3.8, 4) is 0 Å². The van der Waals surface area contributed by atoms with E-state index in [0.29, 0.717) is 5.41 Å². The van der Waals surface area contributed by atoms with E-state index in [0.717, 1.165) is 12.3 Å². The summed E-state index contributed by atoms with van der Waals surface area (Å²) >= 11 is 1.94. The SMILES string of the molecule is CSCC(C)Cc1cccc(CC(C)(C)C)c1. The highest BCUT2D eigenvalue weighted by molar-refractivity contribution is 7.98. The Bertz CT molecular complexity index is 336. The zero-order chi connectivity index (χ0) is 12.9. The second-order valence-corrected chi connectivity index (χ2v) is 7.23. The molecule has 0 saturated heterocycles. The van der Waals surface area contributed by atoms with Gasteiger partial charge in [-0.25, -0.2) is 0 Å². The minimum atomic E-state index is 0.378. The smallest absolute Gasteiger partial charge is 0.00414 e. The third-order valence-corrected chi connectivity index (χ3v) is 3.66. The molecule has 1 heteroatoms. The molecule has 0 heterocycles. The summed E-state index contributed by atoms with van der Waals surface area (Å²) in [6.07, 6.45) is 4.56. The summed E-state index contributed by atoms with van der Waals surface area (Å²) in [6.45, 7) is 9.25. The van der Waals surface area contributed by atoms with Gasteiger partial charge in [-0.2, -0.15) is 11.8 Å². The maximum atomic E-state index is 2.39. The molecule has 0 N–H and O–H groups in total. The van der Waals surface area contributed by atoms with E-state index in [2.05, 4.69) is 58.2 Å². The van der Waals surface area contributed by atoms with E-state index in [-0.39, 0.29) is 0 Å². The van der Waals surface area contributed by atoms with Crippen LogP contribution >= 0.6 is 11.8 Å². The summed E-state index contributed by atoms with van der Waals surface area (Å²) in [7, 11) is 0. The van der Waals surface area contributed by atoms with Crippen molar-refractivity contribution in [3.63, 3.8) is 0 Å². The molecule has 17 heavy (non-hydrogen) atoms. The number of hydrogen-bond acceptors (Lipinski definition) is 1. The molecule has 0 aliphatic rings. The average molecular weight is 250 g/mol. The van der Waals surface area contributed by atoms with E-state index in [9.17, 15) is 0 Å². The van der Waals surface area contributed by atoms with Crippen LogP contribution in [0.15, 0.2) is 24.3 Å². The topological polar surface area (TPSA) is 0 Å². The van der Waals surface area contributed by atoms with Crippen molar-refractivity contribution in [2.75, 3.05) is 12.0 Å². The number of rotatable bonds is 5. The molecule has 1 aromatic rings. The van der Waals surface area contributed by atoms with Gasteiger partial charge in [0, 0.05) is 0 Å². The van der Waals surface area contributed by atoms with Crippen LogP contribution in [-0.4, -0.2) is 12.0 Å². The molecule has 1 aromatic carbocycles. The van der Waals surface area contributed by atoms with Gasteiger partial charge in [-0.3, -0.25) is 0 Å². The first-order valence-electron chi connectivity index (χ1n) is 6.47. The van der Waals surface area contributed by atoms with E-state index in [1.807, 2.05) is 11.8 Å². The van der Waals surface area contributed by atoms with E-state index in [4.69, 9.17) is 0 Å². The lowest BCUT2D eigenvalue weighted by Crippen LogP contribution is -2.09. The zero-order valence-electron chi connectivity index (χ0n) is 11.9. The molecular weight excluding hydrogens is 224 g/mol. The summed E-state index contributed by atoms with van der Waals surface area (Å²) in [5, 5.41) is 0. The molecule has 1 rings (SSSR count). The second-order valence-electron chi connectivity index (χ2n) is 6.32. The van der Waals surface area contributed by atoms with Crippen molar-refractivity contribution >= 4 is 11.8 Å². The highest BCUT2D eigenvalue weighted by atomic mass is 32.2. The van der Waals surface area contributed by atoms with Crippen LogP contribution < -0.4 is 0 Å². The Morgan fingerprint density at radius 2 is 1.82 bits per heavy atom. The quantitative estimate of drug-likeness (QED) is 0.722. The molecule has 1 unspecified atom stereocenters. The Balaban J connectivity index is 2.66. The van der Waals surface area contributed by atoms with Crippen molar-refractivity contribution < 1.29 is 0 Å². The molecule has 0 aromatic heterocycles. The fourth-order valence-corrected chi connectivity index (χ4v) is 2.91. The van der Waals surface area contributed by atoms with E-state index < -0.39 is 0 Å². The number of benzene rings is 1. The molecule has 0 aliphatic carbocycles. The van der Waals surface area contributed by atoms with Crippen LogP contribution in [0.4, 0.5) is 0 Å². The van der Waals surface area contributed by atoms with Crippen molar-refractivity contribution in [1.82, 2.24) is 0 Å². The highest BCUT2D eigenvalue weighted by Gasteiger charge is 2.11. The van der Waals surface area contributed by atoms with Crippen LogP contribution in [0.25, 0.3) is 0 Å². The lowest BCUT2D eigenvalue weighted by Gasteiger charge is -2.19. The predicted molar refractivity (Wildman–Crippen MR) is 80.9 cm³/mol. The summed E-state index contributed by atoms with van der Waals surface area (Å²) in [5.74, 6) is 2.03. The average Bonchev–Trinajstić information content (AvgIpc) is 2.15. The molecular formula is C16H26S. The lowest BCUT2D eigenvalue weighted by molar-refractivity contribution is 0.411. The molecule has 96 valence electrons. The van der Waals surface area contributed by atoms with Gasteiger partial charge in [0.05, 0.1) is 0 Å². The van der Waals surface area contributed by atoms with Crippen LogP contribution in [0.1, 0.15) is 38.8 Å². The van der Waals surface area contributed by atoms with E-state index >= 15 is 0 Å². The van der Waals surface area contributed by atoms with Crippen molar-refractivity contribution in [2.45, 2.75) is 40.5 Å². The Morgan fingerprint density at radius 1 is 1.18 bits per heavy atom. The maximum Gasteiger partial charge on any atom is -0.00414 e. The molecule has 0 bridgehead atoms. The molecule has 0 nitrogen and oxygen atoms in total. The largest absolute Gasteiger partial charge is 0.165 e. The molecule has 0 amide bonds. The Labute approximate surface area is 111 Å². The maximum absolute atomic E-state index is 2.39. The molecule has 0 saturated carbocycles. The molecule has 0 radical (unpaired) electrons. The standard InChI is InChI=1S/C16H26S/c1-13(12-17-5)9-14-7-6-8-15(10-14)11-16(2,3)4/h6-8,10,13H,9,11-12H2,1-5H3. The Kier molecular flexibility index (Phi) is 5.58. The first-order chi connectivity index (χ1) is 7.90. The fraction of sp³-hybridized carbons (Fsp3) is 0.625. The van der Waals surface area contributed by atoms with Crippen LogP contribution in [0.5, 0.6) is 0 Å². The molecule has 0 aliphatic heterocycles. The second kappa shape index (κ2) is 6.49. The normalized spacial score (nSPS) is 13.7. The third-order valence-electron chi connectivity index (χ3n) is 2.76. The number of hydrogen-bond donors (Lipinski definition) is 0. The fourth-order valence-electron chi connectivity index (χ4n) is 2.22. The van der Waals surface area contributed by atoms with Crippen molar-refractivity contribution in [2.24, 2.45) is 11.3 Å². The van der Waals surface area contributed by atoms with Crippen molar-refractivity contribution in [3.05, 3.63) is 35.4 Å². The van der Waals surface area contributed by atoms with Gasteiger partial charge < -0.3 is 0 Å². The summed E-state index contributed by atoms with van der Waals surface area (Å²) < 4.78 is 0. The van der Waals surface area contributed by atoms with Crippen molar-refractivity contribution in [1.29, 1.82) is 0 Å². The van der Waals surface area contributed by atoms with Gasteiger partial charge in [-0.15, -0.1) is 0 Å². The summed E-state index contributed by atoms with van der Waals surface area (Å²) in [5.41, 5.74) is 3.35. The van der Waals surface area contributed by atoms with Gasteiger partial charge in [-0.05, 0) is 47.3 Å². The van der Waals surface area contributed by atoms with Gasteiger partial charge >= 0.3 is 0 Å². The monoisotopic (exact) mass is 250 g/mol. The third kappa shape index (κ3) is 6.16. The summed E-state index contributed by atoms with van der Waals surface area (Å²) in [4.78, 5) is 0. The molecule has 0 spiro atoms. The van der Waals surface area contributed by atoms with Crippen LogP contribution in [0, 0.1) is 11.3 Å². The highest BCUT2D eigenvalue weighted by Crippen LogP contribution is 2.22. The van der Waals surface area contributed by atoms with Crippen LogP contribution in [0.3, 0.4) is 0 Å². The minimum absolute atomic E-state index is 0.378. The van der Waals surface area contributed by atoms with Crippen LogP contribution in [0.2, 0.25) is 0 Å². The minimum Gasteiger partial charge on any atom is -0.165 e. The first kappa shape index (κ1) is 14.6. The van der Waals surface area contributed by atoms with E-state index in [1.54, 1.807) is 0 Å². The van der Waals surface area contributed by atoms with Crippen LogP contribution in [-0.2, 0) is 12.8 Å². The summed E-state index contributed by atoms with van der Waals surface area (Å²) in [6, 6.07) is 9.13. The predicted octanol–water partition coefficient (Wildman–Crippen LogP) is 4.82. The molecule has 0 fully saturated rings. The van der Waals surface area contributed by atoms with Gasteiger partial charge in [0.25, 0.3) is 0 Å². The van der Waals surface area contributed by atoms with Gasteiger partial charge in [0.2, 0.25) is 0 Å². The number of thioether (sulfide) groups is 1. The molecule has 1 atom stereocenters. The Morgan fingerprint density at radius 3 is 2.41 bits per heavy atom. The van der Waals surface area contributed by atoms with E-state index in [1.165, 1.54) is 23.3 Å². The Hall–Kier alpha value is -0.430. The zero-order valence-corrected chi connectivity index (χ0v) is 12.7. The lowest BCUT2D eigenvalue weighted by atomic mass is 9.87. The first-order valence-corrected chi connectivity index (χ1v) is 7.87. The van der Waals surface area contributed by atoms with Gasteiger partial charge in [-0.1, -0.05) is 52.0 Å². The van der Waals surface area contributed by atoms with Gasteiger partial charge in [0.1, 0.15) is 0 Å².